The lowest BCUT2D eigenvalue weighted by molar-refractivity contribution is 0.0948. The average Bonchev–Trinajstić information content (AvgIpc) is 3.06. The van der Waals surface area contributed by atoms with E-state index in [1.54, 1.807) is 17.5 Å². The van der Waals surface area contributed by atoms with E-state index in [0.717, 1.165) is 35.5 Å². The second kappa shape index (κ2) is 7.21. The van der Waals surface area contributed by atoms with Crippen LogP contribution in [-0.4, -0.2) is 34.1 Å². The number of aryl methyl sites for hydroxylation is 1. The molecule has 0 radical (unpaired) electrons. The van der Waals surface area contributed by atoms with Crippen molar-refractivity contribution in [3.05, 3.63) is 28.3 Å². The van der Waals surface area contributed by atoms with Gasteiger partial charge in [-0.3, -0.25) is 4.79 Å². The molecule has 2 heterocycles. The van der Waals surface area contributed by atoms with Gasteiger partial charge < -0.3 is 15.4 Å². The van der Waals surface area contributed by atoms with E-state index >= 15 is 0 Å². The molecule has 6 heteroatoms. The molecule has 0 atom stereocenters. The minimum absolute atomic E-state index is 0.104. The quantitative estimate of drug-likeness (QED) is 0.686. The number of aliphatic hydroxyl groups is 1. The summed E-state index contributed by atoms with van der Waals surface area (Å²) in [6, 6.07) is 1.82. The highest BCUT2D eigenvalue weighted by atomic mass is 32.1. The average molecular weight is 293 g/mol. The van der Waals surface area contributed by atoms with Gasteiger partial charge in [0.25, 0.3) is 5.91 Å². The number of aromatic amines is 1. The van der Waals surface area contributed by atoms with E-state index in [1.165, 1.54) is 0 Å². The molecule has 0 bridgehead atoms. The van der Waals surface area contributed by atoms with Gasteiger partial charge in [-0.05, 0) is 32.3 Å². The fourth-order valence-corrected chi connectivity index (χ4v) is 2.50. The van der Waals surface area contributed by atoms with Crippen LogP contribution in [0.15, 0.2) is 17.6 Å². The highest BCUT2D eigenvalue weighted by Gasteiger charge is 2.10. The number of carbonyl (C=O) groups excluding carboxylic acids is 1. The first-order valence-electron chi connectivity index (χ1n) is 6.70. The summed E-state index contributed by atoms with van der Waals surface area (Å²) in [5.74, 6) is -0.104. The van der Waals surface area contributed by atoms with Crippen molar-refractivity contribution in [3.8, 4) is 11.3 Å². The van der Waals surface area contributed by atoms with Gasteiger partial charge >= 0.3 is 0 Å². The highest BCUT2D eigenvalue weighted by Crippen LogP contribution is 2.22. The van der Waals surface area contributed by atoms with Crippen molar-refractivity contribution in [1.82, 2.24) is 15.3 Å². The van der Waals surface area contributed by atoms with E-state index in [1.807, 2.05) is 18.4 Å². The fourth-order valence-electron chi connectivity index (χ4n) is 1.88. The van der Waals surface area contributed by atoms with Crippen LogP contribution >= 0.6 is 11.3 Å². The van der Waals surface area contributed by atoms with Crippen molar-refractivity contribution in [2.45, 2.75) is 26.2 Å². The van der Waals surface area contributed by atoms with Crippen LogP contribution < -0.4 is 5.32 Å². The number of hydrogen-bond acceptors (Lipinski definition) is 4. The van der Waals surface area contributed by atoms with Crippen molar-refractivity contribution in [2.24, 2.45) is 0 Å². The number of carbonyl (C=O) groups is 1. The van der Waals surface area contributed by atoms with Gasteiger partial charge in [-0.1, -0.05) is 0 Å². The maximum absolute atomic E-state index is 11.9. The minimum Gasteiger partial charge on any atom is -0.396 e. The summed E-state index contributed by atoms with van der Waals surface area (Å²) in [7, 11) is 0. The van der Waals surface area contributed by atoms with Crippen molar-refractivity contribution < 1.29 is 9.90 Å². The van der Waals surface area contributed by atoms with Crippen LogP contribution in [0.1, 0.15) is 34.8 Å². The molecule has 0 aliphatic carbocycles. The maximum Gasteiger partial charge on any atom is 0.267 e. The molecule has 0 aliphatic heterocycles. The smallest absolute Gasteiger partial charge is 0.267 e. The Morgan fingerprint density at radius 3 is 3.00 bits per heavy atom. The van der Waals surface area contributed by atoms with Crippen molar-refractivity contribution >= 4 is 17.2 Å². The molecule has 3 N–H and O–H groups in total. The molecule has 20 heavy (non-hydrogen) atoms. The molecule has 2 aromatic heterocycles. The van der Waals surface area contributed by atoms with Crippen LogP contribution in [0.2, 0.25) is 0 Å². The van der Waals surface area contributed by atoms with Crippen LogP contribution in [0, 0.1) is 6.92 Å². The lowest BCUT2D eigenvalue weighted by Gasteiger charge is -2.02. The summed E-state index contributed by atoms with van der Waals surface area (Å²) in [4.78, 5) is 19.3. The number of unbranched alkanes of at least 4 members (excludes halogenated alkanes) is 2. The number of aliphatic hydroxyl groups excluding tert-OH is 1. The van der Waals surface area contributed by atoms with Gasteiger partial charge in [0.15, 0.2) is 0 Å². The molecule has 0 saturated carbocycles. The Balaban J connectivity index is 1.87. The normalized spacial score (nSPS) is 10.7. The molecular weight excluding hydrogens is 274 g/mol. The molecule has 1 amide bonds. The number of H-pyrrole nitrogens is 1. The third-order valence-corrected chi connectivity index (χ3v) is 3.74. The molecule has 108 valence electrons. The SMILES string of the molecule is Cc1nc(-c2c[nH]c(C(=O)NCCCCCO)c2)cs1. The minimum atomic E-state index is -0.104. The zero-order valence-electron chi connectivity index (χ0n) is 11.5. The first kappa shape index (κ1) is 14.7. The van der Waals surface area contributed by atoms with Crippen LogP contribution in [0.25, 0.3) is 11.3 Å². The van der Waals surface area contributed by atoms with Crippen molar-refractivity contribution in [2.75, 3.05) is 13.2 Å². The maximum atomic E-state index is 11.9. The molecule has 0 saturated heterocycles. The highest BCUT2D eigenvalue weighted by molar-refractivity contribution is 7.09. The number of thiazole rings is 1. The summed E-state index contributed by atoms with van der Waals surface area (Å²) >= 11 is 1.59. The van der Waals surface area contributed by atoms with E-state index in [0.29, 0.717) is 12.2 Å². The Morgan fingerprint density at radius 2 is 2.30 bits per heavy atom. The van der Waals surface area contributed by atoms with Gasteiger partial charge in [-0.2, -0.15) is 0 Å². The Kier molecular flexibility index (Phi) is 5.31. The van der Waals surface area contributed by atoms with Crippen LogP contribution in [0.3, 0.4) is 0 Å². The molecule has 2 aromatic rings. The third-order valence-electron chi connectivity index (χ3n) is 2.96. The first-order valence-corrected chi connectivity index (χ1v) is 7.58. The molecule has 5 nitrogen and oxygen atoms in total. The van der Waals surface area contributed by atoms with Gasteiger partial charge in [0, 0.05) is 30.3 Å². The molecule has 0 unspecified atom stereocenters. The summed E-state index contributed by atoms with van der Waals surface area (Å²) < 4.78 is 0. The van der Waals surface area contributed by atoms with E-state index in [9.17, 15) is 4.79 Å². The fraction of sp³-hybridized carbons (Fsp3) is 0.429. The summed E-state index contributed by atoms with van der Waals surface area (Å²) in [6.07, 6.45) is 4.39. The van der Waals surface area contributed by atoms with E-state index in [4.69, 9.17) is 5.11 Å². The van der Waals surface area contributed by atoms with Crippen LogP contribution in [-0.2, 0) is 0 Å². The van der Waals surface area contributed by atoms with E-state index in [2.05, 4.69) is 15.3 Å². The van der Waals surface area contributed by atoms with Crippen LogP contribution in [0.5, 0.6) is 0 Å². The molecular formula is C14H19N3O2S. The first-order chi connectivity index (χ1) is 9.70. The van der Waals surface area contributed by atoms with Gasteiger partial charge in [0.1, 0.15) is 5.69 Å². The Hall–Kier alpha value is -1.66. The molecule has 0 fully saturated rings. The summed E-state index contributed by atoms with van der Waals surface area (Å²) in [5.41, 5.74) is 2.37. The second-order valence-electron chi connectivity index (χ2n) is 4.59. The number of nitrogens with one attached hydrogen (secondary N) is 2. The largest absolute Gasteiger partial charge is 0.396 e. The standard InChI is InChI=1S/C14H19N3O2S/c1-10-17-13(9-20-10)11-7-12(16-8-11)14(19)15-5-3-2-4-6-18/h7-9,16,18H,2-6H2,1H3,(H,15,19). The molecule has 0 aromatic carbocycles. The van der Waals surface area contributed by atoms with Gasteiger partial charge in [-0.25, -0.2) is 4.98 Å². The number of aromatic nitrogens is 2. The monoisotopic (exact) mass is 293 g/mol. The molecule has 0 aliphatic rings. The Labute approximate surface area is 122 Å². The predicted octanol–water partition coefficient (Wildman–Crippen LogP) is 2.34. The molecule has 2 rings (SSSR count). The zero-order valence-corrected chi connectivity index (χ0v) is 12.3. The third kappa shape index (κ3) is 3.91. The Bertz CT molecular complexity index is 562. The zero-order chi connectivity index (χ0) is 14.4. The van der Waals surface area contributed by atoms with E-state index < -0.39 is 0 Å². The second-order valence-corrected chi connectivity index (χ2v) is 5.66. The van der Waals surface area contributed by atoms with Crippen LogP contribution in [0.4, 0.5) is 0 Å². The van der Waals surface area contributed by atoms with Crippen molar-refractivity contribution in [1.29, 1.82) is 0 Å². The lowest BCUT2D eigenvalue weighted by Crippen LogP contribution is -2.24. The summed E-state index contributed by atoms with van der Waals surface area (Å²) in [6.45, 7) is 2.80. The number of rotatable bonds is 7. The molecule has 0 spiro atoms. The van der Waals surface area contributed by atoms with E-state index in [-0.39, 0.29) is 12.5 Å². The number of hydrogen-bond donors (Lipinski definition) is 3. The van der Waals surface area contributed by atoms with Crippen molar-refractivity contribution in [3.63, 3.8) is 0 Å². The van der Waals surface area contributed by atoms with Gasteiger partial charge in [0.05, 0.1) is 10.7 Å². The van der Waals surface area contributed by atoms with Gasteiger partial charge in [0.2, 0.25) is 0 Å². The topological polar surface area (TPSA) is 78.0 Å². The number of nitrogens with zero attached hydrogens (tertiary/aromatic N) is 1. The summed E-state index contributed by atoms with van der Waals surface area (Å²) in [5, 5.41) is 14.5. The Morgan fingerprint density at radius 1 is 1.45 bits per heavy atom. The lowest BCUT2D eigenvalue weighted by atomic mass is 10.2. The van der Waals surface area contributed by atoms with Gasteiger partial charge in [-0.15, -0.1) is 11.3 Å². The predicted molar refractivity (Wildman–Crippen MR) is 79.9 cm³/mol. The number of amides is 1.